The molecule has 1 saturated heterocycles. The minimum Gasteiger partial charge on any atom is -0.307 e. The predicted octanol–water partition coefficient (Wildman–Crippen LogP) is 3.16. The zero-order chi connectivity index (χ0) is 21.5. The monoisotopic (exact) mass is 418 g/mol. The third-order valence-corrected chi connectivity index (χ3v) is 6.00. The van der Waals surface area contributed by atoms with Gasteiger partial charge in [0, 0.05) is 37.3 Å². The molecule has 2 unspecified atom stereocenters. The van der Waals surface area contributed by atoms with Crippen molar-refractivity contribution >= 4 is 5.52 Å². The smallest absolute Gasteiger partial charge is 0.276 e. The molecule has 3 aromatic heterocycles. The van der Waals surface area contributed by atoms with E-state index in [1.54, 1.807) is 16.8 Å². The lowest BCUT2D eigenvalue weighted by atomic mass is 9.97. The second-order valence-electron chi connectivity index (χ2n) is 8.28. The number of nitrogens with one attached hydrogen (secondary N) is 1. The van der Waals surface area contributed by atoms with Crippen LogP contribution in [0, 0.1) is 18.7 Å². The fourth-order valence-corrected chi connectivity index (χ4v) is 4.42. The van der Waals surface area contributed by atoms with Gasteiger partial charge in [-0.05, 0) is 48.7 Å². The maximum Gasteiger partial charge on any atom is 0.276 e. The summed E-state index contributed by atoms with van der Waals surface area (Å²) in [6.45, 7) is 6.44. The molecule has 0 spiro atoms. The highest BCUT2D eigenvalue weighted by Crippen LogP contribution is 2.31. The average Bonchev–Trinajstić information content (AvgIpc) is 3.32. The molecule has 0 amide bonds. The number of rotatable bonds is 4. The molecule has 8 heteroatoms. The molecular formula is C23H23FN6O. The number of H-pyrrole nitrogens is 1. The van der Waals surface area contributed by atoms with E-state index in [4.69, 9.17) is 5.10 Å². The predicted molar refractivity (Wildman–Crippen MR) is 115 cm³/mol. The third-order valence-electron chi connectivity index (χ3n) is 6.00. The minimum absolute atomic E-state index is 0.0883. The van der Waals surface area contributed by atoms with Crippen LogP contribution in [0.1, 0.15) is 29.9 Å². The summed E-state index contributed by atoms with van der Waals surface area (Å²) in [4.78, 5) is 26.9. The first-order valence-electron chi connectivity index (χ1n) is 10.4. The van der Waals surface area contributed by atoms with Crippen LogP contribution in [0.3, 0.4) is 0 Å². The number of pyridine rings is 1. The minimum atomic E-state index is -0.304. The van der Waals surface area contributed by atoms with Crippen LogP contribution in [0.2, 0.25) is 0 Å². The molecule has 1 N–H and O–H groups in total. The van der Waals surface area contributed by atoms with E-state index >= 15 is 0 Å². The van der Waals surface area contributed by atoms with Crippen molar-refractivity contribution in [2.24, 2.45) is 5.92 Å². The van der Waals surface area contributed by atoms with Gasteiger partial charge < -0.3 is 4.98 Å². The van der Waals surface area contributed by atoms with Gasteiger partial charge in [-0.2, -0.15) is 5.10 Å². The maximum atomic E-state index is 13.6. The van der Waals surface area contributed by atoms with Gasteiger partial charge in [0.2, 0.25) is 0 Å². The first-order chi connectivity index (χ1) is 15.0. The SMILES string of the molecule is Cc1cc(F)ccc1-c1ncc2c(=O)[nH]c(C3CN(Cc4ccccn4)CC3C)nn12. The molecular weight excluding hydrogens is 395 g/mol. The van der Waals surface area contributed by atoms with Gasteiger partial charge in [0.05, 0.1) is 11.9 Å². The highest BCUT2D eigenvalue weighted by atomic mass is 19.1. The Morgan fingerprint density at radius 2 is 2.06 bits per heavy atom. The lowest BCUT2D eigenvalue weighted by Gasteiger charge is -2.15. The number of benzene rings is 1. The van der Waals surface area contributed by atoms with Gasteiger partial charge in [-0.25, -0.2) is 13.9 Å². The van der Waals surface area contributed by atoms with Crippen LogP contribution in [0.25, 0.3) is 16.9 Å². The van der Waals surface area contributed by atoms with Gasteiger partial charge >= 0.3 is 0 Å². The quantitative estimate of drug-likeness (QED) is 0.551. The number of hydrogen-bond donors (Lipinski definition) is 1. The number of aromatic amines is 1. The number of hydrogen-bond acceptors (Lipinski definition) is 5. The third kappa shape index (κ3) is 3.63. The van der Waals surface area contributed by atoms with Crippen LogP contribution < -0.4 is 5.56 Å². The van der Waals surface area contributed by atoms with Crippen molar-refractivity contribution in [3.05, 3.63) is 82.0 Å². The van der Waals surface area contributed by atoms with E-state index in [2.05, 4.69) is 26.8 Å². The van der Waals surface area contributed by atoms with Gasteiger partial charge in [-0.3, -0.25) is 14.7 Å². The van der Waals surface area contributed by atoms with E-state index < -0.39 is 0 Å². The summed E-state index contributed by atoms with van der Waals surface area (Å²) >= 11 is 0. The fourth-order valence-electron chi connectivity index (χ4n) is 4.42. The zero-order valence-electron chi connectivity index (χ0n) is 17.4. The Morgan fingerprint density at radius 1 is 1.19 bits per heavy atom. The maximum absolute atomic E-state index is 13.6. The van der Waals surface area contributed by atoms with Crippen molar-refractivity contribution < 1.29 is 4.39 Å². The van der Waals surface area contributed by atoms with Crippen LogP contribution in [0.5, 0.6) is 0 Å². The summed E-state index contributed by atoms with van der Waals surface area (Å²) in [7, 11) is 0. The topological polar surface area (TPSA) is 79.2 Å². The van der Waals surface area contributed by atoms with Gasteiger partial charge in [0.15, 0.2) is 11.3 Å². The summed E-state index contributed by atoms with van der Waals surface area (Å²) in [5, 5.41) is 4.77. The van der Waals surface area contributed by atoms with E-state index in [1.165, 1.54) is 18.3 Å². The van der Waals surface area contributed by atoms with Crippen LogP contribution in [-0.2, 0) is 6.54 Å². The van der Waals surface area contributed by atoms with Crippen LogP contribution in [0.4, 0.5) is 4.39 Å². The van der Waals surface area contributed by atoms with E-state index in [0.29, 0.717) is 23.1 Å². The van der Waals surface area contributed by atoms with Gasteiger partial charge in [0.1, 0.15) is 11.6 Å². The molecule has 31 heavy (non-hydrogen) atoms. The number of imidazole rings is 1. The molecule has 1 fully saturated rings. The Hall–Kier alpha value is -3.39. The molecule has 0 bridgehead atoms. The van der Waals surface area contributed by atoms with E-state index in [9.17, 15) is 9.18 Å². The van der Waals surface area contributed by atoms with E-state index in [0.717, 1.165) is 36.5 Å². The molecule has 5 rings (SSSR count). The zero-order valence-corrected chi connectivity index (χ0v) is 17.4. The Morgan fingerprint density at radius 3 is 2.84 bits per heavy atom. The molecule has 1 aliphatic rings. The number of likely N-dealkylation sites (tertiary alicyclic amines) is 1. The Balaban J connectivity index is 1.50. The lowest BCUT2D eigenvalue weighted by molar-refractivity contribution is 0.314. The Bertz CT molecular complexity index is 1300. The fraction of sp³-hybridized carbons (Fsp3) is 0.304. The lowest BCUT2D eigenvalue weighted by Crippen LogP contribution is -2.23. The van der Waals surface area contributed by atoms with Crippen LogP contribution in [0.15, 0.2) is 53.6 Å². The molecule has 7 nitrogen and oxygen atoms in total. The summed E-state index contributed by atoms with van der Waals surface area (Å²) in [6.07, 6.45) is 3.32. The van der Waals surface area contributed by atoms with Crippen molar-refractivity contribution in [1.29, 1.82) is 0 Å². The van der Waals surface area contributed by atoms with Gasteiger partial charge in [-0.15, -0.1) is 0 Å². The van der Waals surface area contributed by atoms with Crippen molar-refractivity contribution in [3.63, 3.8) is 0 Å². The van der Waals surface area contributed by atoms with E-state index in [-0.39, 0.29) is 17.3 Å². The molecule has 1 aliphatic heterocycles. The molecule has 4 heterocycles. The number of nitrogens with zero attached hydrogens (tertiary/aromatic N) is 5. The highest BCUT2D eigenvalue weighted by Gasteiger charge is 2.33. The molecule has 158 valence electrons. The summed E-state index contributed by atoms with van der Waals surface area (Å²) in [5.74, 6) is 1.29. The van der Waals surface area contributed by atoms with Crippen molar-refractivity contribution in [2.75, 3.05) is 13.1 Å². The van der Waals surface area contributed by atoms with Crippen LogP contribution in [-0.4, -0.2) is 42.6 Å². The molecule has 0 aliphatic carbocycles. The Labute approximate surface area is 178 Å². The molecule has 1 aromatic carbocycles. The average molecular weight is 418 g/mol. The first kappa shape index (κ1) is 19.6. The summed E-state index contributed by atoms with van der Waals surface area (Å²) in [5.41, 5.74) is 2.67. The number of aryl methyl sites for hydroxylation is 1. The molecule has 0 saturated carbocycles. The second-order valence-corrected chi connectivity index (χ2v) is 8.28. The molecule has 2 atom stereocenters. The normalized spacial score (nSPS) is 19.3. The van der Waals surface area contributed by atoms with Gasteiger partial charge in [0.25, 0.3) is 5.56 Å². The largest absolute Gasteiger partial charge is 0.307 e. The highest BCUT2D eigenvalue weighted by molar-refractivity contribution is 5.64. The number of fused-ring (bicyclic) bond motifs is 1. The van der Waals surface area contributed by atoms with E-state index in [1.807, 2.05) is 25.1 Å². The van der Waals surface area contributed by atoms with Crippen molar-refractivity contribution in [1.82, 2.24) is 29.5 Å². The summed E-state index contributed by atoms with van der Waals surface area (Å²) < 4.78 is 15.2. The van der Waals surface area contributed by atoms with Crippen molar-refractivity contribution in [2.45, 2.75) is 26.3 Å². The van der Waals surface area contributed by atoms with Crippen molar-refractivity contribution in [3.8, 4) is 11.4 Å². The Kier molecular flexibility index (Phi) is 4.86. The number of aromatic nitrogens is 5. The first-order valence-corrected chi connectivity index (χ1v) is 10.4. The van der Waals surface area contributed by atoms with Gasteiger partial charge in [-0.1, -0.05) is 13.0 Å². The molecule has 4 aromatic rings. The van der Waals surface area contributed by atoms with Crippen LogP contribution >= 0.6 is 0 Å². The standard InChI is InChI=1S/C23H23FN6O/c1-14-9-16(24)6-7-18(14)22-26-10-20-23(31)27-21(28-30(20)22)19-13-29(11-15(19)2)12-17-5-3-4-8-25-17/h3-10,15,19H,11-13H2,1-2H3,(H,27,28,31). The number of halogens is 1. The second kappa shape index (κ2) is 7.70. The molecule has 0 radical (unpaired) electrons. The summed E-state index contributed by atoms with van der Waals surface area (Å²) in [6, 6.07) is 10.4.